The first-order valence-corrected chi connectivity index (χ1v) is 5.80. The monoisotopic (exact) mass is 263 g/mol. The number of esters is 1. The van der Waals surface area contributed by atoms with Crippen LogP contribution in [0.5, 0.6) is 0 Å². The van der Waals surface area contributed by atoms with E-state index in [2.05, 4.69) is 17.9 Å². The van der Waals surface area contributed by atoms with Crippen molar-refractivity contribution in [2.75, 3.05) is 0 Å². The van der Waals surface area contributed by atoms with E-state index in [1.54, 1.807) is 34.6 Å². The van der Waals surface area contributed by atoms with E-state index in [1.807, 2.05) is 0 Å². The Labute approximate surface area is 108 Å². The first-order valence-electron chi connectivity index (χ1n) is 5.35. The fourth-order valence-electron chi connectivity index (χ4n) is 0.878. The highest BCUT2D eigenvalue weighted by Crippen LogP contribution is 2.14. The van der Waals surface area contributed by atoms with Crippen LogP contribution in [0.15, 0.2) is 0 Å². The first kappa shape index (κ1) is 16.1. The number of ether oxygens (including phenoxy) is 2. The molecule has 0 aromatic carbocycles. The molecular formula is C11H21NO4S. The molecule has 0 bridgehead atoms. The Bertz CT molecular complexity index is 291. The van der Waals surface area contributed by atoms with Gasteiger partial charge in [0.1, 0.15) is 16.6 Å². The SMILES string of the molecule is C[C@H](NC(=O)OC(C)(C)C)C(=O)OC(C)(C)S. The summed E-state index contributed by atoms with van der Waals surface area (Å²) in [6.07, 6.45) is -0.654. The zero-order valence-electron chi connectivity index (χ0n) is 11.2. The van der Waals surface area contributed by atoms with Gasteiger partial charge in [0.2, 0.25) is 0 Å². The summed E-state index contributed by atoms with van der Waals surface area (Å²) in [5.74, 6) is -0.559. The number of alkyl carbamates (subject to hydrolysis) is 1. The Hall–Kier alpha value is -0.910. The molecule has 5 nitrogen and oxygen atoms in total. The summed E-state index contributed by atoms with van der Waals surface area (Å²) in [6.45, 7) is 10.0. The fourth-order valence-corrected chi connectivity index (χ4v) is 0.968. The van der Waals surface area contributed by atoms with Crippen molar-refractivity contribution in [1.82, 2.24) is 5.32 Å². The Morgan fingerprint density at radius 2 is 1.59 bits per heavy atom. The highest BCUT2D eigenvalue weighted by Gasteiger charge is 2.25. The number of thiol groups is 1. The molecule has 0 aliphatic heterocycles. The summed E-state index contributed by atoms with van der Waals surface area (Å²) in [6, 6.07) is -0.781. The molecule has 17 heavy (non-hydrogen) atoms. The van der Waals surface area contributed by atoms with Gasteiger partial charge >= 0.3 is 12.1 Å². The number of hydrogen-bond donors (Lipinski definition) is 2. The molecule has 1 amide bonds. The van der Waals surface area contributed by atoms with Gasteiger partial charge in [-0.3, -0.25) is 0 Å². The van der Waals surface area contributed by atoms with Gasteiger partial charge in [0, 0.05) is 0 Å². The van der Waals surface area contributed by atoms with Crippen molar-refractivity contribution in [3.05, 3.63) is 0 Å². The maximum atomic E-state index is 11.5. The molecule has 0 aromatic rings. The number of carbonyl (C=O) groups is 2. The highest BCUT2D eigenvalue weighted by molar-refractivity contribution is 7.81. The van der Waals surface area contributed by atoms with Crippen molar-refractivity contribution in [3.63, 3.8) is 0 Å². The van der Waals surface area contributed by atoms with E-state index in [-0.39, 0.29) is 0 Å². The Balaban J connectivity index is 4.22. The fraction of sp³-hybridized carbons (Fsp3) is 0.818. The summed E-state index contributed by atoms with van der Waals surface area (Å²) in [5.41, 5.74) is -0.601. The lowest BCUT2D eigenvalue weighted by Gasteiger charge is -2.24. The van der Waals surface area contributed by atoms with Crippen LogP contribution in [0.2, 0.25) is 0 Å². The second-order valence-electron chi connectivity index (χ2n) is 5.24. The van der Waals surface area contributed by atoms with Crippen LogP contribution in [0.4, 0.5) is 4.79 Å². The van der Waals surface area contributed by atoms with Crippen molar-refractivity contribution < 1.29 is 19.1 Å². The molecule has 0 heterocycles. The third-order valence-electron chi connectivity index (χ3n) is 1.44. The van der Waals surface area contributed by atoms with Gasteiger partial charge in [0.15, 0.2) is 0 Å². The Morgan fingerprint density at radius 1 is 1.12 bits per heavy atom. The molecule has 1 atom stereocenters. The standard InChI is InChI=1S/C11H21NO4S/c1-7(8(13)15-11(5,6)17)12-9(14)16-10(2,3)4/h7,17H,1-6H3,(H,12,14)/t7-/m0/s1. The molecule has 0 aliphatic rings. The topological polar surface area (TPSA) is 64.6 Å². The predicted molar refractivity (Wildman–Crippen MR) is 68.0 cm³/mol. The van der Waals surface area contributed by atoms with Crippen LogP contribution in [0.1, 0.15) is 41.5 Å². The van der Waals surface area contributed by atoms with Gasteiger partial charge in [0.05, 0.1) is 0 Å². The van der Waals surface area contributed by atoms with E-state index in [1.165, 1.54) is 6.92 Å². The van der Waals surface area contributed by atoms with Crippen LogP contribution >= 0.6 is 12.6 Å². The van der Waals surface area contributed by atoms with Gasteiger partial charge in [0.25, 0.3) is 0 Å². The minimum Gasteiger partial charge on any atom is -0.447 e. The van der Waals surface area contributed by atoms with E-state index in [9.17, 15) is 9.59 Å². The summed E-state index contributed by atoms with van der Waals surface area (Å²) < 4.78 is 10.00. The zero-order valence-corrected chi connectivity index (χ0v) is 12.1. The first-order chi connectivity index (χ1) is 7.41. The van der Waals surface area contributed by atoms with Crippen LogP contribution < -0.4 is 5.32 Å². The second kappa shape index (κ2) is 5.62. The van der Waals surface area contributed by atoms with E-state index in [4.69, 9.17) is 9.47 Å². The summed E-state index contributed by atoms with van der Waals surface area (Å²) >= 11 is 4.06. The smallest absolute Gasteiger partial charge is 0.408 e. The molecule has 0 aliphatic carbocycles. The summed E-state index contributed by atoms with van der Waals surface area (Å²) in [4.78, 5) is 22.0. The largest absolute Gasteiger partial charge is 0.447 e. The molecule has 6 heteroatoms. The van der Waals surface area contributed by atoms with E-state index in [0.717, 1.165) is 0 Å². The number of amides is 1. The van der Waals surface area contributed by atoms with Crippen molar-refractivity contribution >= 4 is 24.7 Å². The van der Waals surface area contributed by atoms with Crippen molar-refractivity contribution in [2.45, 2.75) is 58.1 Å². The molecule has 0 spiro atoms. The summed E-state index contributed by atoms with van der Waals surface area (Å²) in [5, 5.41) is 2.39. The number of rotatable bonds is 3. The Morgan fingerprint density at radius 3 is 1.94 bits per heavy atom. The number of nitrogens with one attached hydrogen (secondary N) is 1. The maximum absolute atomic E-state index is 11.5. The predicted octanol–water partition coefficient (Wildman–Crippen LogP) is 2.11. The zero-order chi connectivity index (χ0) is 13.9. The minimum atomic E-state index is -0.874. The van der Waals surface area contributed by atoms with Crippen LogP contribution in [0.3, 0.4) is 0 Å². The van der Waals surface area contributed by atoms with Gasteiger partial charge < -0.3 is 14.8 Å². The van der Waals surface area contributed by atoms with Crippen LogP contribution in [-0.2, 0) is 14.3 Å². The average molecular weight is 263 g/mol. The highest BCUT2D eigenvalue weighted by atomic mass is 32.1. The summed E-state index contributed by atoms with van der Waals surface area (Å²) in [7, 11) is 0. The van der Waals surface area contributed by atoms with Crippen molar-refractivity contribution in [3.8, 4) is 0 Å². The van der Waals surface area contributed by atoms with Gasteiger partial charge in [-0.05, 0) is 41.5 Å². The van der Waals surface area contributed by atoms with Crippen molar-refractivity contribution in [1.29, 1.82) is 0 Å². The van der Waals surface area contributed by atoms with Crippen LogP contribution in [0.25, 0.3) is 0 Å². The Kier molecular flexibility index (Phi) is 5.32. The molecule has 1 N–H and O–H groups in total. The van der Waals surface area contributed by atoms with Crippen LogP contribution in [0, 0.1) is 0 Å². The third-order valence-corrected chi connectivity index (χ3v) is 1.53. The normalized spacial score (nSPS) is 13.8. The molecule has 100 valence electrons. The molecule has 0 radical (unpaired) electrons. The lowest BCUT2D eigenvalue weighted by molar-refractivity contribution is -0.151. The minimum absolute atomic E-state index is 0.559. The van der Waals surface area contributed by atoms with Gasteiger partial charge in [-0.1, -0.05) is 0 Å². The van der Waals surface area contributed by atoms with E-state index >= 15 is 0 Å². The number of carbonyl (C=O) groups excluding carboxylic acids is 2. The molecule has 0 saturated heterocycles. The lowest BCUT2D eigenvalue weighted by Crippen LogP contribution is -2.43. The molecule has 0 rings (SSSR count). The third kappa shape index (κ3) is 8.85. The second-order valence-corrected chi connectivity index (χ2v) is 6.31. The van der Waals surface area contributed by atoms with Crippen molar-refractivity contribution in [2.24, 2.45) is 0 Å². The van der Waals surface area contributed by atoms with Gasteiger partial charge in [-0.25, -0.2) is 9.59 Å². The molecule has 0 unspecified atom stereocenters. The number of hydrogen-bond acceptors (Lipinski definition) is 5. The average Bonchev–Trinajstić information content (AvgIpc) is 1.95. The van der Waals surface area contributed by atoms with Crippen LogP contribution in [-0.4, -0.2) is 28.6 Å². The van der Waals surface area contributed by atoms with Gasteiger partial charge in [-0.15, -0.1) is 12.6 Å². The van der Waals surface area contributed by atoms with Gasteiger partial charge in [-0.2, -0.15) is 0 Å². The molecule has 0 saturated carbocycles. The molecular weight excluding hydrogens is 242 g/mol. The van der Waals surface area contributed by atoms with E-state index < -0.39 is 28.6 Å². The molecule has 0 fully saturated rings. The van der Waals surface area contributed by atoms with E-state index in [0.29, 0.717) is 0 Å². The molecule has 0 aromatic heterocycles. The lowest BCUT2D eigenvalue weighted by atomic mass is 10.2. The quantitative estimate of drug-likeness (QED) is 0.465. The maximum Gasteiger partial charge on any atom is 0.408 e.